The van der Waals surface area contributed by atoms with Crippen LogP contribution in [0.15, 0.2) is 48.5 Å². The van der Waals surface area contributed by atoms with Crippen LogP contribution < -0.4 is 5.32 Å². The number of amides is 1. The number of hydrogen-bond acceptors (Lipinski definition) is 4. The molecule has 0 radical (unpaired) electrons. The number of nitrogens with one attached hydrogen (secondary N) is 1. The lowest BCUT2D eigenvalue weighted by atomic mass is 10.1. The molecular formula is C22H26ClN3O2. The van der Waals surface area contributed by atoms with Crippen molar-refractivity contribution in [1.29, 1.82) is 0 Å². The largest absolute Gasteiger partial charge is 0.325 e. The van der Waals surface area contributed by atoms with E-state index in [9.17, 15) is 9.59 Å². The summed E-state index contributed by atoms with van der Waals surface area (Å²) in [5.74, 6) is -0.00978. The standard InChI is InChI=1S/C22H26ClN3O2/c1-16(22(28)24-21-9-5-19(6-10-21)17(2)27)26-13-11-25(12-14-26)15-18-3-7-20(23)8-4-18/h3-10,16H,11-15H2,1-2H3,(H,24,28)/t16-/m0/s1. The second-order valence-corrected chi connectivity index (χ2v) is 7.67. The van der Waals surface area contributed by atoms with Gasteiger partial charge in [-0.1, -0.05) is 23.7 Å². The number of ketones is 1. The van der Waals surface area contributed by atoms with Gasteiger partial charge in [-0.05, 0) is 55.8 Å². The number of carbonyl (C=O) groups is 2. The van der Waals surface area contributed by atoms with Crippen molar-refractivity contribution in [3.05, 3.63) is 64.7 Å². The third kappa shape index (κ3) is 5.41. The van der Waals surface area contributed by atoms with Crippen LogP contribution in [0.2, 0.25) is 5.02 Å². The molecular weight excluding hydrogens is 374 g/mol. The van der Waals surface area contributed by atoms with E-state index in [4.69, 9.17) is 11.6 Å². The van der Waals surface area contributed by atoms with Crippen molar-refractivity contribution in [2.75, 3.05) is 31.5 Å². The van der Waals surface area contributed by atoms with Crippen LogP contribution in [-0.2, 0) is 11.3 Å². The second-order valence-electron chi connectivity index (χ2n) is 7.24. The first-order valence-corrected chi connectivity index (χ1v) is 9.93. The predicted octanol–water partition coefficient (Wildman–Crippen LogP) is 3.69. The highest BCUT2D eigenvalue weighted by molar-refractivity contribution is 6.30. The molecule has 0 unspecified atom stereocenters. The summed E-state index contributed by atoms with van der Waals surface area (Å²) in [6, 6.07) is 14.8. The molecule has 2 aromatic carbocycles. The molecule has 28 heavy (non-hydrogen) atoms. The number of Topliss-reactive ketones (excluding diaryl/α,β-unsaturated/α-hetero) is 1. The van der Waals surface area contributed by atoms with Gasteiger partial charge in [0.05, 0.1) is 6.04 Å². The van der Waals surface area contributed by atoms with Crippen molar-refractivity contribution >= 4 is 29.0 Å². The van der Waals surface area contributed by atoms with E-state index < -0.39 is 0 Å². The first-order valence-electron chi connectivity index (χ1n) is 9.55. The van der Waals surface area contributed by atoms with Gasteiger partial charge in [0.25, 0.3) is 0 Å². The number of benzene rings is 2. The van der Waals surface area contributed by atoms with E-state index in [1.165, 1.54) is 12.5 Å². The molecule has 1 heterocycles. The maximum Gasteiger partial charge on any atom is 0.241 e. The molecule has 1 N–H and O–H groups in total. The molecule has 1 fully saturated rings. The fraction of sp³-hybridized carbons (Fsp3) is 0.364. The van der Waals surface area contributed by atoms with Crippen LogP contribution in [0.1, 0.15) is 29.8 Å². The Bertz CT molecular complexity index is 813. The summed E-state index contributed by atoms with van der Waals surface area (Å²) in [5, 5.41) is 3.70. The molecule has 5 nitrogen and oxygen atoms in total. The summed E-state index contributed by atoms with van der Waals surface area (Å²) in [5.41, 5.74) is 2.60. The highest BCUT2D eigenvalue weighted by Crippen LogP contribution is 2.15. The van der Waals surface area contributed by atoms with Crippen LogP contribution in [0.5, 0.6) is 0 Å². The first kappa shape index (κ1) is 20.5. The van der Waals surface area contributed by atoms with Crippen molar-refractivity contribution in [2.24, 2.45) is 0 Å². The normalized spacial score (nSPS) is 16.5. The van der Waals surface area contributed by atoms with Gasteiger partial charge in [0.1, 0.15) is 0 Å². The molecule has 0 aliphatic carbocycles. The molecule has 148 valence electrons. The zero-order chi connectivity index (χ0) is 20.1. The van der Waals surface area contributed by atoms with Gasteiger partial charge in [0, 0.05) is 49.0 Å². The molecule has 1 aliphatic heterocycles. The minimum absolute atomic E-state index is 0.0164. The minimum Gasteiger partial charge on any atom is -0.325 e. The highest BCUT2D eigenvalue weighted by Gasteiger charge is 2.25. The molecule has 1 amide bonds. The van der Waals surface area contributed by atoms with Crippen LogP contribution in [0.4, 0.5) is 5.69 Å². The van der Waals surface area contributed by atoms with Crippen LogP contribution in [0.3, 0.4) is 0 Å². The summed E-state index contributed by atoms with van der Waals surface area (Å²) in [7, 11) is 0. The van der Waals surface area contributed by atoms with Crippen molar-refractivity contribution < 1.29 is 9.59 Å². The molecule has 1 saturated heterocycles. The molecule has 0 aromatic heterocycles. The van der Waals surface area contributed by atoms with Gasteiger partial charge in [-0.15, -0.1) is 0 Å². The average Bonchev–Trinajstić information content (AvgIpc) is 2.70. The van der Waals surface area contributed by atoms with E-state index in [0.717, 1.165) is 37.7 Å². The molecule has 3 rings (SSSR count). The third-order valence-electron chi connectivity index (χ3n) is 5.21. The number of halogens is 1. The van der Waals surface area contributed by atoms with E-state index >= 15 is 0 Å². The summed E-state index contributed by atoms with van der Waals surface area (Å²) in [6.45, 7) is 7.92. The fourth-order valence-corrected chi connectivity index (χ4v) is 3.48. The number of anilines is 1. The third-order valence-corrected chi connectivity index (χ3v) is 5.46. The summed E-state index contributed by atoms with van der Waals surface area (Å²) < 4.78 is 0. The molecule has 6 heteroatoms. The van der Waals surface area contributed by atoms with Gasteiger partial charge in [0.15, 0.2) is 5.78 Å². The molecule has 1 aliphatic rings. The lowest BCUT2D eigenvalue weighted by Gasteiger charge is -2.37. The summed E-state index contributed by atoms with van der Waals surface area (Å²) >= 11 is 5.94. The maximum absolute atomic E-state index is 12.6. The van der Waals surface area contributed by atoms with Crippen molar-refractivity contribution in [3.8, 4) is 0 Å². The SMILES string of the molecule is CC(=O)c1ccc(NC(=O)[C@H](C)N2CCN(Cc3ccc(Cl)cc3)CC2)cc1. The second kappa shape index (κ2) is 9.32. The smallest absolute Gasteiger partial charge is 0.241 e. The minimum atomic E-state index is -0.204. The van der Waals surface area contributed by atoms with Gasteiger partial charge in [-0.3, -0.25) is 19.4 Å². The predicted molar refractivity (Wildman–Crippen MR) is 113 cm³/mol. The lowest BCUT2D eigenvalue weighted by Crippen LogP contribution is -2.52. The van der Waals surface area contributed by atoms with Gasteiger partial charge >= 0.3 is 0 Å². The van der Waals surface area contributed by atoms with E-state index in [2.05, 4.69) is 27.2 Å². The Labute approximate surface area is 171 Å². The van der Waals surface area contributed by atoms with Crippen LogP contribution in [0.25, 0.3) is 0 Å². The quantitative estimate of drug-likeness (QED) is 0.753. The Morgan fingerprint density at radius 2 is 1.61 bits per heavy atom. The molecule has 0 bridgehead atoms. The fourth-order valence-electron chi connectivity index (χ4n) is 3.36. The number of piperazine rings is 1. The van der Waals surface area contributed by atoms with Crippen molar-refractivity contribution in [2.45, 2.75) is 26.4 Å². The highest BCUT2D eigenvalue weighted by atomic mass is 35.5. The molecule has 0 spiro atoms. The topological polar surface area (TPSA) is 52.7 Å². The average molecular weight is 400 g/mol. The summed E-state index contributed by atoms with van der Waals surface area (Å²) in [4.78, 5) is 28.5. The van der Waals surface area contributed by atoms with Crippen LogP contribution in [0, 0.1) is 0 Å². The van der Waals surface area contributed by atoms with Gasteiger partial charge in [-0.25, -0.2) is 0 Å². The van der Waals surface area contributed by atoms with E-state index in [-0.39, 0.29) is 17.7 Å². The van der Waals surface area contributed by atoms with E-state index in [0.29, 0.717) is 11.3 Å². The van der Waals surface area contributed by atoms with Crippen LogP contribution in [-0.4, -0.2) is 53.7 Å². The first-order chi connectivity index (χ1) is 13.4. The van der Waals surface area contributed by atoms with E-state index in [1.54, 1.807) is 24.3 Å². The lowest BCUT2D eigenvalue weighted by molar-refractivity contribution is -0.121. The molecule has 2 aromatic rings. The monoisotopic (exact) mass is 399 g/mol. The van der Waals surface area contributed by atoms with Crippen molar-refractivity contribution in [3.63, 3.8) is 0 Å². The van der Waals surface area contributed by atoms with Gasteiger partial charge < -0.3 is 5.32 Å². The Balaban J connectivity index is 1.48. The Morgan fingerprint density at radius 1 is 1.00 bits per heavy atom. The maximum atomic E-state index is 12.6. The molecule has 0 saturated carbocycles. The number of rotatable bonds is 6. The number of nitrogens with zero attached hydrogens (tertiary/aromatic N) is 2. The number of carbonyl (C=O) groups excluding carboxylic acids is 2. The zero-order valence-corrected chi connectivity index (χ0v) is 17.1. The van der Waals surface area contributed by atoms with Gasteiger partial charge in [-0.2, -0.15) is 0 Å². The van der Waals surface area contributed by atoms with Gasteiger partial charge in [0.2, 0.25) is 5.91 Å². The summed E-state index contributed by atoms with van der Waals surface area (Å²) in [6.07, 6.45) is 0. The Morgan fingerprint density at radius 3 is 2.18 bits per heavy atom. The number of hydrogen-bond donors (Lipinski definition) is 1. The Kier molecular flexibility index (Phi) is 6.83. The van der Waals surface area contributed by atoms with Crippen molar-refractivity contribution in [1.82, 2.24) is 9.80 Å². The zero-order valence-electron chi connectivity index (χ0n) is 16.3. The van der Waals surface area contributed by atoms with Crippen LogP contribution >= 0.6 is 11.6 Å². The Hall–Kier alpha value is -2.21. The van der Waals surface area contributed by atoms with E-state index in [1.807, 2.05) is 19.1 Å². The molecule has 1 atom stereocenters.